The Balaban J connectivity index is 1.88. The van der Waals surface area contributed by atoms with E-state index in [1.54, 1.807) is 0 Å². The molecule has 0 bridgehead atoms. The predicted octanol–water partition coefficient (Wildman–Crippen LogP) is 0.680. The molecule has 0 radical (unpaired) electrons. The Labute approximate surface area is 107 Å². The molecule has 1 fully saturated rings. The Morgan fingerprint density at radius 3 is 2.78 bits per heavy atom. The molecule has 1 heterocycles. The molecule has 2 amide bonds. The summed E-state index contributed by atoms with van der Waals surface area (Å²) in [6, 6.07) is 10.2. The highest BCUT2D eigenvalue weighted by Crippen LogP contribution is 2.18. The molecule has 1 aromatic rings. The van der Waals surface area contributed by atoms with Crippen molar-refractivity contribution in [1.82, 2.24) is 15.6 Å². The average Bonchev–Trinajstić information content (AvgIpc) is 2.70. The van der Waals surface area contributed by atoms with Crippen molar-refractivity contribution in [2.24, 2.45) is 11.8 Å². The molecule has 1 aliphatic heterocycles. The van der Waals surface area contributed by atoms with Crippen molar-refractivity contribution in [2.75, 3.05) is 13.1 Å². The summed E-state index contributed by atoms with van der Waals surface area (Å²) in [6.45, 7) is 4.92. The van der Waals surface area contributed by atoms with Gasteiger partial charge in [0.05, 0.1) is 0 Å². The van der Waals surface area contributed by atoms with Crippen LogP contribution in [0.15, 0.2) is 30.3 Å². The minimum absolute atomic E-state index is 0.164. The Morgan fingerprint density at radius 1 is 1.39 bits per heavy atom. The van der Waals surface area contributed by atoms with Gasteiger partial charge >= 0.3 is 6.03 Å². The molecule has 4 N–H and O–H groups in total. The Bertz CT molecular complexity index is 395. The highest BCUT2D eigenvalue weighted by molar-refractivity contribution is 5.73. The Hall–Kier alpha value is -1.59. The van der Waals surface area contributed by atoms with Crippen LogP contribution in [0.25, 0.3) is 0 Å². The lowest BCUT2D eigenvalue weighted by atomic mass is 10.1. The zero-order valence-corrected chi connectivity index (χ0v) is 10.6. The third kappa shape index (κ3) is 3.21. The maximum absolute atomic E-state index is 11.2. The number of rotatable bonds is 3. The lowest BCUT2D eigenvalue weighted by molar-refractivity contribution is 0.235. The van der Waals surface area contributed by atoms with Gasteiger partial charge in [0.25, 0.3) is 0 Å². The number of hydrogen-bond donors (Lipinski definition) is 3. The molecule has 5 heteroatoms. The highest BCUT2D eigenvalue weighted by Gasteiger charge is 2.30. The second kappa shape index (κ2) is 5.84. The molecule has 2 unspecified atom stereocenters. The first-order valence-electron chi connectivity index (χ1n) is 6.22. The molecule has 98 valence electrons. The third-order valence-electron chi connectivity index (χ3n) is 3.38. The van der Waals surface area contributed by atoms with Crippen molar-refractivity contribution >= 4 is 6.03 Å². The first-order valence-corrected chi connectivity index (χ1v) is 6.22. The fourth-order valence-corrected chi connectivity index (χ4v) is 2.44. The highest BCUT2D eigenvalue weighted by atomic mass is 16.2. The Morgan fingerprint density at radius 2 is 2.11 bits per heavy atom. The molecule has 5 nitrogen and oxygen atoms in total. The number of hydrogen-bond acceptors (Lipinski definition) is 3. The molecule has 0 aliphatic carbocycles. The molecule has 0 spiro atoms. The van der Waals surface area contributed by atoms with Crippen LogP contribution in [0.4, 0.5) is 4.79 Å². The van der Waals surface area contributed by atoms with Crippen LogP contribution in [0.2, 0.25) is 0 Å². The summed E-state index contributed by atoms with van der Waals surface area (Å²) in [5, 5.41) is 2.88. The lowest BCUT2D eigenvalue weighted by Crippen LogP contribution is -2.47. The second-order valence-corrected chi connectivity index (χ2v) is 4.88. The van der Waals surface area contributed by atoms with Crippen LogP contribution < -0.4 is 16.6 Å². The van der Waals surface area contributed by atoms with Crippen LogP contribution >= 0.6 is 0 Å². The van der Waals surface area contributed by atoms with Crippen LogP contribution in [0.5, 0.6) is 0 Å². The molecule has 1 saturated heterocycles. The van der Waals surface area contributed by atoms with Gasteiger partial charge in [-0.3, -0.25) is 10.3 Å². The third-order valence-corrected chi connectivity index (χ3v) is 3.38. The van der Waals surface area contributed by atoms with Gasteiger partial charge in [0.15, 0.2) is 0 Å². The quantitative estimate of drug-likeness (QED) is 0.418. The molecule has 1 aromatic carbocycles. The number of hydrazine groups is 1. The summed E-state index contributed by atoms with van der Waals surface area (Å²) in [7, 11) is 0. The van der Waals surface area contributed by atoms with Gasteiger partial charge in [0.2, 0.25) is 0 Å². The van der Waals surface area contributed by atoms with Gasteiger partial charge in [-0.15, -0.1) is 0 Å². The minimum atomic E-state index is -0.312. The Kier molecular flexibility index (Phi) is 4.17. The molecule has 18 heavy (non-hydrogen) atoms. The number of urea groups is 1. The van der Waals surface area contributed by atoms with Crippen LogP contribution in [-0.2, 0) is 6.54 Å². The zero-order chi connectivity index (χ0) is 13.0. The molecule has 1 aliphatic rings. The van der Waals surface area contributed by atoms with E-state index < -0.39 is 0 Å². The summed E-state index contributed by atoms with van der Waals surface area (Å²) in [4.78, 5) is 13.6. The largest absolute Gasteiger partial charge is 0.333 e. The van der Waals surface area contributed by atoms with E-state index in [0.717, 1.165) is 19.6 Å². The van der Waals surface area contributed by atoms with Gasteiger partial charge < -0.3 is 5.32 Å². The van der Waals surface area contributed by atoms with Crippen molar-refractivity contribution in [3.05, 3.63) is 35.9 Å². The van der Waals surface area contributed by atoms with Gasteiger partial charge in [-0.25, -0.2) is 10.6 Å². The van der Waals surface area contributed by atoms with E-state index in [1.165, 1.54) is 5.56 Å². The smallest absolute Gasteiger partial charge is 0.329 e. The second-order valence-electron chi connectivity index (χ2n) is 4.88. The predicted molar refractivity (Wildman–Crippen MR) is 70.5 cm³/mol. The maximum atomic E-state index is 11.2. The van der Waals surface area contributed by atoms with E-state index in [1.807, 2.05) is 18.2 Å². The van der Waals surface area contributed by atoms with Crippen LogP contribution in [0.1, 0.15) is 12.5 Å². The van der Waals surface area contributed by atoms with Gasteiger partial charge in [-0.2, -0.15) is 0 Å². The normalized spacial score (nSPS) is 23.9. The van der Waals surface area contributed by atoms with Crippen LogP contribution in [0.3, 0.4) is 0 Å². The number of benzene rings is 1. The summed E-state index contributed by atoms with van der Waals surface area (Å²) in [5.74, 6) is 5.51. The number of likely N-dealkylation sites (tertiary alicyclic amines) is 1. The molecular formula is C13H20N4O. The van der Waals surface area contributed by atoms with Crippen LogP contribution in [-0.4, -0.2) is 30.1 Å². The first-order chi connectivity index (χ1) is 8.69. The van der Waals surface area contributed by atoms with E-state index in [9.17, 15) is 4.79 Å². The monoisotopic (exact) mass is 248 g/mol. The van der Waals surface area contributed by atoms with Crippen molar-refractivity contribution in [2.45, 2.75) is 19.5 Å². The minimum Gasteiger partial charge on any atom is -0.333 e. The van der Waals surface area contributed by atoms with E-state index in [0.29, 0.717) is 5.92 Å². The average molecular weight is 248 g/mol. The SMILES string of the molecule is CC1CN(Cc2ccccc2)CC1NC(=O)NN. The topological polar surface area (TPSA) is 70.4 Å². The summed E-state index contributed by atoms with van der Waals surface area (Å²) in [6.07, 6.45) is 0. The van der Waals surface area contributed by atoms with E-state index >= 15 is 0 Å². The number of nitrogens with zero attached hydrogens (tertiary/aromatic N) is 1. The molecule has 2 rings (SSSR count). The van der Waals surface area contributed by atoms with E-state index in [2.05, 4.69) is 34.7 Å². The number of nitrogens with one attached hydrogen (secondary N) is 2. The fraction of sp³-hybridized carbons (Fsp3) is 0.462. The van der Waals surface area contributed by atoms with Gasteiger partial charge in [0, 0.05) is 25.7 Å². The number of nitrogens with two attached hydrogens (primary N) is 1. The number of amides is 2. The lowest BCUT2D eigenvalue weighted by Gasteiger charge is -2.16. The molecular weight excluding hydrogens is 228 g/mol. The van der Waals surface area contributed by atoms with Crippen LogP contribution in [0, 0.1) is 5.92 Å². The van der Waals surface area contributed by atoms with Gasteiger partial charge in [-0.05, 0) is 11.5 Å². The molecule has 0 saturated carbocycles. The van der Waals surface area contributed by atoms with Gasteiger partial charge in [0.1, 0.15) is 0 Å². The summed E-state index contributed by atoms with van der Waals surface area (Å²) < 4.78 is 0. The number of carbonyl (C=O) groups excluding carboxylic acids is 1. The number of carbonyl (C=O) groups is 1. The van der Waals surface area contributed by atoms with E-state index in [-0.39, 0.29) is 12.1 Å². The van der Waals surface area contributed by atoms with Crippen molar-refractivity contribution in [3.8, 4) is 0 Å². The summed E-state index contributed by atoms with van der Waals surface area (Å²) >= 11 is 0. The summed E-state index contributed by atoms with van der Waals surface area (Å²) in [5.41, 5.74) is 3.41. The first kappa shape index (κ1) is 12.9. The standard InChI is InChI=1S/C13H20N4O/c1-10-7-17(8-11-5-3-2-4-6-11)9-12(10)15-13(18)16-14/h2-6,10,12H,7-9,14H2,1H3,(H2,15,16,18). The van der Waals surface area contributed by atoms with Crippen molar-refractivity contribution in [1.29, 1.82) is 0 Å². The molecule has 0 aromatic heterocycles. The van der Waals surface area contributed by atoms with Crippen molar-refractivity contribution in [3.63, 3.8) is 0 Å². The van der Waals surface area contributed by atoms with Crippen molar-refractivity contribution < 1.29 is 4.79 Å². The maximum Gasteiger partial charge on any atom is 0.329 e. The van der Waals surface area contributed by atoms with Gasteiger partial charge in [-0.1, -0.05) is 37.3 Å². The molecule has 2 atom stereocenters. The van der Waals surface area contributed by atoms with E-state index in [4.69, 9.17) is 5.84 Å². The fourth-order valence-electron chi connectivity index (χ4n) is 2.44. The zero-order valence-electron chi connectivity index (χ0n) is 10.6.